The summed E-state index contributed by atoms with van der Waals surface area (Å²) in [5.41, 5.74) is 4.67. The number of allylic oxidation sites excluding steroid dienone is 1. The molecule has 0 aromatic heterocycles. The van der Waals surface area contributed by atoms with Crippen molar-refractivity contribution in [1.29, 1.82) is 0 Å². The molecule has 1 heterocycles. The lowest BCUT2D eigenvalue weighted by atomic mass is 10.1. The lowest BCUT2D eigenvalue weighted by Crippen LogP contribution is -2.56. The number of carbonyl (C=O) groups excluding carboxylic acids is 1. The van der Waals surface area contributed by atoms with Crippen molar-refractivity contribution >= 4 is 5.91 Å². The topological polar surface area (TPSA) is 55.8 Å². The number of nitrogens with one attached hydrogen (secondary N) is 1. The van der Waals surface area contributed by atoms with Crippen molar-refractivity contribution in [1.82, 2.24) is 15.3 Å². The second-order valence-corrected chi connectivity index (χ2v) is 7.01. The molecule has 5 heteroatoms. The molecular formula is C19H29N3O2. The van der Waals surface area contributed by atoms with Crippen LogP contribution in [0.5, 0.6) is 0 Å². The summed E-state index contributed by atoms with van der Waals surface area (Å²) in [6, 6.07) is 8.44. The highest BCUT2D eigenvalue weighted by molar-refractivity contribution is 5.93. The van der Waals surface area contributed by atoms with E-state index in [2.05, 4.69) is 43.6 Å². The molecule has 1 aliphatic rings. The summed E-state index contributed by atoms with van der Waals surface area (Å²) in [6.07, 6.45) is 2.30. The molecule has 5 nitrogen and oxygen atoms in total. The number of hydrogen-bond acceptors (Lipinski definition) is 4. The van der Waals surface area contributed by atoms with Crippen molar-refractivity contribution in [3.05, 3.63) is 47.0 Å². The van der Waals surface area contributed by atoms with E-state index in [0.29, 0.717) is 17.6 Å². The molecule has 2 rings (SSSR count). The van der Waals surface area contributed by atoms with Crippen molar-refractivity contribution in [2.24, 2.45) is 0 Å². The van der Waals surface area contributed by atoms with Crippen molar-refractivity contribution in [3.8, 4) is 0 Å². The van der Waals surface area contributed by atoms with Gasteiger partial charge in [0.05, 0.1) is 0 Å². The van der Waals surface area contributed by atoms with Crippen LogP contribution in [0.4, 0.5) is 0 Å². The highest BCUT2D eigenvalue weighted by Gasteiger charge is 2.28. The molecule has 1 aromatic rings. The van der Waals surface area contributed by atoms with Crippen LogP contribution in [0.2, 0.25) is 0 Å². The molecule has 2 N–H and O–H groups in total. The quantitative estimate of drug-likeness (QED) is 0.495. The van der Waals surface area contributed by atoms with Crippen LogP contribution in [0.1, 0.15) is 43.6 Å². The standard InChI is InChI=1S/C19H29N3O2/c1-14(2)9-10-22-15(3)11-21(12-16(22)4)13-17-5-7-18(8-6-17)19(23)20-24/h5-9,15-16,24H,10-13H2,1-4H3,(H,20,23). The summed E-state index contributed by atoms with van der Waals surface area (Å²) in [6.45, 7) is 12.8. The van der Waals surface area contributed by atoms with Gasteiger partial charge in [-0.15, -0.1) is 0 Å². The summed E-state index contributed by atoms with van der Waals surface area (Å²) < 4.78 is 0. The molecule has 2 unspecified atom stereocenters. The Hall–Kier alpha value is -1.69. The number of benzene rings is 1. The van der Waals surface area contributed by atoms with E-state index < -0.39 is 5.91 Å². The van der Waals surface area contributed by atoms with Gasteiger partial charge in [-0.25, -0.2) is 5.48 Å². The lowest BCUT2D eigenvalue weighted by Gasteiger charge is -2.44. The average Bonchev–Trinajstić information content (AvgIpc) is 2.53. The maximum absolute atomic E-state index is 11.4. The van der Waals surface area contributed by atoms with Gasteiger partial charge in [0, 0.05) is 43.8 Å². The first-order valence-electron chi connectivity index (χ1n) is 8.55. The summed E-state index contributed by atoms with van der Waals surface area (Å²) in [5.74, 6) is -0.475. The Morgan fingerprint density at radius 1 is 1.21 bits per heavy atom. The zero-order valence-corrected chi connectivity index (χ0v) is 15.1. The fourth-order valence-corrected chi connectivity index (χ4v) is 3.33. The number of hydroxylamine groups is 1. The van der Waals surface area contributed by atoms with Gasteiger partial charge in [0.2, 0.25) is 0 Å². The molecule has 0 saturated carbocycles. The number of rotatable bonds is 5. The fraction of sp³-hybridized carbons (Fsp3) is 0.526. The third-order valence-corrected chi connectivity index (χ3v) is 4.61. The number of piperazine rings is 1. The van der Waals surface area contributed by atoms with E-state index in [1.165, 1.54) is 11.1 Å². The number of carbonyl (C=O) groups is 1. The van der Waals surface area contributed by atoms with E-state index in [0.717, 1.165) is 26.2 Å². The van der Waals surface area contributed by atoms with E-state index in [-0.39, 0.29) is 0 Å². The zero-order chi connectivity index (χ0) is 17.7. The van der Waals surface area contributed by atoms with Gasteiger partial charge in [0.15, 0.2) is 0 Å². The van der Waals surface area contributed by atoms with Gasteiger partial charge < -0.3 is 0 Å². The molecule has 1 fully saturated rings. The van der Waals surface area contributed by atoms with E-state index in [4.69, 9.17) is 5.21 Å². The average molecular weight is 331 g/mol. The van der Waals surface area contributed by atoms with Gasteiger partial charge in [-0.3, -0.25) is 19.8 Å². The van der Waals surface area contributed by atoms with Crippen molar-refractivity contribution < 1.29 is 10.0 Å². The molecule has 0 radical (unpaired) electrons. The maximum Gasteiger partial charge on any atom is 0.274 e. The summed E-state index contributed by atoms with van der Waals surface area (Å²) in [7, 11) is 0. The third-order valence-electron chi connectivity index (χ3n) is 4.61. The van der Waals surface area contributed by atoms with Crippen molar-refractivity contribution in [3.63, 3.8) is 0 Å². The van der Waals surface area contributed by atoms with Gasteiger partial charge >= 0.3 is 0 Å². The minimum atomic E-state index is -0.475. The second kappa shape index (κ2) is 8.42. The maximum atomic E-state index is 11.4. The first-order valence-corrected chi connectivity index (χ1v) is 8.55. The Labute approximate surface area is 144 Å². The van der Waals surface area contributed by atoms with Crippen LogP contribution in [0.15, 0.2) is 35.9 Å². The van der Waals surface area contributed by atoms with E-state index in [1.54, 1.807) is 17.6 Å². The normalized spacial score (nSPS) is 22.2. The van der Waals surface area contributed by atoms with E-state index in [9.17, 15) is 4.79 Å². The smallest absolute Gasteiger partial charge is 0.274 e. The Morgan fingerprint density at radius 2 is 1.79 bits per heavy atom. The van der Waals surface area contributed by atoms with E-state index in [1.807, 2.05) is 12.1 Å². The molecule has 1 aliphatic heterocycles. The largest absolute Gasteiger partial charge is 0.296 e. The van der Waals surface area contributed by atoms with Crippen LogP contribution >= 0.6 is 0 Å². The van der Waals surface area contributed by atoms with Crippen LogP contribution in [-0.2, 0) is 6.54 Å². The lowest BCUT2D eigenvalue weighted by molar-refractivity contribution is 0.0439. The number of amides is 1. The molecule has 132 valence electrons. The van der Waals surface area contributed by atoms with Gasteiger partial charge in [-0.1, -0.05) is 23.8 Å². The molecule has 24 heavy (non-hydrogen) atoms. The molecule has 1 aromatic carbocycles. The predicted molar refractivity (Wildman–Crippen MR) is 96.0 cm³/mol. The minimum Gasteiger partial charge on any atom is -0.296 e. The monoisotopic (exact) mass is 331 g/mol. The van der Waals surface area contributed by atoms with Gasteiger partial charge in [0.25, 0.3) is 5.91 Å². The molecule has 2 atom stereocenters. The Balaban J connectivity index is 1.95. The van der Waals surface area contributed by atoms with Gasteiger partial charge in [-0.2, -0.15) is 0 Å². The van der Waals surface area contributed by atoms with Crippen LogP contribution in [0.25, 0.3) is 0 Å². The molecule has 0 bridgehead atoms. The predicted octanol–water partition coefficient (Wildman–Crippen LogP) is 2.67. The molecule has 1 saturated heterocycles. The zero-order valence-electron chi connectivity index (χ0n) is 15.1. The highest BCUT2D eigenvalue weighted by atomic mass is 16.5. The first-order chi connectivity index (χ1) is 11.4. The summed E-state index contributed by atoms with van der Waals surface area (Å²) in [5, 5.41) is 8.66. The second-order valence-electron chi connectivity index (χ2n) is 7.01. The third kappa shape index (κ3) is 4.90. The van der Waals surface area contributed by atoms with Crippen molar-refractivity contribution in [2.45, 2.75) is 46.3 Å². The Morgan fingerprint density at radius 3 is 2.29 bits per heavy atom. The van der Waals surface area contributed by atoms with Gasteiger partial charge in [-0.05, 0) is 45.4 Å². The summed E-state index contributed by atoms with van der Waals surface area (Å²) in [4.78, 5) is 16.4. The van der Waals surface area contributed by atoms with Crippen LogP contribution < -0.4 is 5.48 Å². The van der Waals surface area contributed by atoms with Crippen LogP contribution in [0, 0.1) is 0 Å². The number of nitrogens with zero attached hydrogens (tertiary/aromatic N) is 2. The van der Waals surface area contributed by atoms with Gasteiger partial charge in [0.1, 0.15) is 0 Å². The van der Waals surface area contributed by atoms with Crippen LogP contribution in [0.3, 0.4) is 0 Å². The SMILES string of the molecule is CC(C)=CCN1C(C)CN(Cc2ccc(C(=O)NO)cc2)CC1C. The highest BCUT2D eigenvalue weighted by Crippen LogP contribution is 2.18. The minimum absolute atomic E-state index is 0.467. The Kier molecular flexibility index (Phi) is 6.54. The molecule has 1 amide bonds. The van der Waals surface area contributed by atoms with E-state index >= 15 is 0 Å². The molecular weight excluding hydrogens is 302 g/mol. The molecule has 0 spiro atoms. The Bertz CT molecular complexity index is 567. The molecule has 0 aliphatic carbocycles. The van der Waals surface area contributed by atoms with Crippen molar-refractivity contribution in [2.75, 3.05) is 19.6 Å². The number of hydrogen-bond donors (Lipinski definition) is 2. The summed E-state index contributed by atoms with van der Waals surface area (Å²) >= 11 is 0. The van der Waals surface area contributed by atoms with Crippen LogP contribution in [-0.4, -0.2) is 52.6 Å². The fourth-order valence-electron chi connectivity index (χ4n) is 3.33. The first kappa shape index (κ1) is 18.6.